The first-order valence-electron chi connectivity index (χ1n) is 10.1. The number of carbonyl (C=O) groups excluding carboxylic acids is 1. The van der Waals surface area contributed by atoms with Crippen LogP contribution in [0.4, 0.5) is 0 Å². The number of carboxylic acid groups (broad SMARTS) is 2. The monoisotopic (exact) mass is 407 g/mol. The van der Waals surface area contributed by atoms with Crippen molar-refractivity contribution >= 4 is 17.8 Å². The molecular weight excluding hydrogens is 374 g/mol. The van der Waals surface area contributed by atoms with E-state index in [1.165, 1.54) is 12.1 Å². The first-order valence-corrected chi connectivity index (χ1v) is 10.1. The molecule has 29 heavy (non-hydrogen) atoms. The molecule has 0 aromatic heterocycles. The fourth-order valence-corrected chi connectivity index (χ4v) is 2.98. The van der Waals surface area contributed by atoms with E-state index in [1.54, 1.807) is 12.1 Å². The molecule has 0 spiro atoms. The van der Waals surface area contributed by atoms with E-state index in [0.29, 0.717) is 13.0 Å². The maximum absolute atomic E-state index is 12.2. The molecule has 162 valence electrons. The van der Waals surface area contributed by atoms with Gasteiger partial charge in [0.1, 0.15) is 0 Å². The fraction of sp³-hybridized carbons (Fsp3) is 0.571. The zero-order valence-electron chi connectivity index (χ0n) is 17.4. The third-order valence-electron chi connectivity index (χ3n) is 4.76. The van der Waals surface area contributed by atoms with Gasteiger partial charge in [-0.1, -0.05) is 19.1 Å². The molecule has 0 saturated heterocycles. The van der Waals surface area contributed by atoms with E-state index in [1.807, 2.05) is 7.05 Å². The van der Waals surface area contributed by atoms with Gasteiger partial charge in [0.25, 0.3) is 5.91 Å². The Morgan fingerprint density at radius 2 is 1.62 bits per heavy atom. The molecule has 8 nitrogen and oxygen atoms in total. The van der Waals surface area contributed by atoms with Crippen LogP contribution >= 0.6 is 0 Å². The molecule has 0 bridgehead atoms. The van der Waals surface area contributed by atoms with Crippen LogP contribution in [0.3, 0.4) is 0 Å². The number of rotatable bonds is 15. The highest BCUT2D eigenvalue weighted by molar-refractivity contribution is 6.04. The van der Waals surface area contributed by atoms with Crippen molar-refractivity contribution in [1.29, 1.82) is 0 Å². The van der Waals surface area contributed by atoms with Gasteiger partial charge >= 0.3 is 11.9 Å². The molecule has 3 N–H and O–H groups in total. The maximum Gasteiger partial charge on any atom is 0.336 e. The first kappa shape index (κ1) is 24.6. The number of carbonyl (C=O) groups is 3. The summed E-state index contributed by atoms with van der Waals surface area (Å²) in [5.74, 6) is -2.23. The van der Waals surface area contributed by atoms with Gasteiger partial charge in [0.15, 0.2) is 0 Å². The van der Waals surface area contributed by atoms with E-state index in [-0.39, 0.29) is 23.5 Å². The molecule has 0 aliphatic carbocycles. The lowest BCUT2D eigenvalue weighted by molar-refractivity contribution is -0.137. The Kier molecular flexibility index (Phi) is 11.6. The summed E-state index contributed by atoms with van der Waals surface area (Å²) in [4.78, 5) is 38.4. The average Bonchev–Trinajstić information content (AvgIpc) is 2.69. The standard InChI is InChI=1S/C21H33N3O5/c1-3-24(14-8-11-19(25)26)16-15-23(2)13-7-6-12-22-20(27)17-9-4-5-10-18(17)21(28)29/h4-5,9-10H,3,6-8,11-16H2,1-2H3,(H,22,27)(H,25,26)(H,28,29). The maximum atomic E-state index is 12.2. The Balaban J connectivity index is 2.21. The summed E-state index contributed by atoms with van der Waals surface area (Å²) >= 11 is 0. The third kappa shape index (κ3) is 10.0. The highest BCUT2D eigenvalue weighted by atomic mass is 16.4. The lowest BCUT2D eigenvalue weighted by atomic mass is 10.1. The molecule has 1 aromatic rings. The van der Waals surface area contributed by atoms with E-state index in [9.17, 15) is 14.4 Å². The molecule has 0 heterocycles. The Morgan fingerprint density at radius 3 is 2.24 bits per heavy atom. The van der Waals surface area contributed by atoms with Crippen LogP contribution in [0, 0.1) is 0 Å². The van der Waals surface area contributed by atoms with Gasteiger partial charge in [-0.3, -0.25) is 9.59 Å². The summed E-state index contributed by atoms with van der Waals surface area (Å²) in [6, 6.07) is 6.19. The molecular formula is C21H33N3O5. The molecule has 1 rings (SSSR count). The number of aromatic carboxylic acids is 1. The summed E-state index contributed by atoms with van der Waals surface area (Å²) in [5, 5.41) is 20.6. The molecule has 0 fully saturated rings. The van der Waals surface area contributed by atoms with Gasteiger partial charge in [-0.2, -0.15) is 0 Å². The van der Waals surface area contributed by atoms with Crippen molar-refractivity contribution in [2.75, 3.05) is 46.3 Å². The number of likely N-dealkylation sites (N-methyl/N-ethyl adjacent to an activating group) is 2. The Hall–Kier alpha value is -2.45. The Bertz CT molecular complexity index is 665. The summed E-state index contributed by atoms with van der Waals surface area (Å²) in [6.45, 7) is 6.96. The number of nitrogens with one attached hydrogen (secondary N) is 1. The van der Waals surface area contributed by atoms with E-state index in [0.717, 1.165) is 45.6 Å². The zero-order chi connectivity index (χ0) is 21.6. The molecule has 8 heteroatoms. The summed E-state index contributed by atoms with van der Waals surface area (Å²) in [6.07, 6.45) is 2.59. The number of nitrogens with zero attached hydrogens (tertiary/aromatic N) is 2. The quantitative estimate of drug-likeness (QED) is 0.382. The second kappa shape index (κ2) is 13.7. The molecule has 0 unspecified atom stereocenters. The van der Waals surface area contributed by atoms with Crippen LogP contribution < -0.4 is 5.32 Å². The predicted octanol–water partition coefficient (Wildman–Crippen LogP) is 2.01. The van der Waals surface area contributed by atoms with Gasteiger partial charge in [0.2, 0.25) is 0 Å². The highest BCUT2D eigenvalue weighted by Crippen LogP contribution is 2.08. The normalized spacial score (nSPS) is 11.0. The van der Waals surface area contributed by atoms with Crippen LogP contribution in [0.1, 0.15) is 53.3 Å². The summed E-state index contributed by atoms with van der Waals surface area (Å²) in [7, 11) is 2.05. The highest BCUT2D eigenvalue weighted by Gasteiger charge is 2.15. The van der Waals surface area contributed by atoms with Gasteiger partial charge in [0.05, 0.1) is 11.1 Å². The lowest BCUT2D eigenvalue weighted by Gasteiger charge is -2.24. The number of hydrogen-bond acceptors (Lipinski definition) is 5. The molecule has 0 atom stereocenters. The minimum Gasteiger partial charge on any atom is -0.481 e. The van der Waals surface area contributed by atoms with Crippen molar-refractivity contribution in [3.05, 3.63) is 35.4 Å². The van der Waals surface area contributed by atoms with Gasteiger partial charge in [-0.15, -0.1) is 0 Å². The third-order valence-corrected chi connectivity index (χ3v) is 4.76. The summed E-state index contributed by atoms with van der Waals surface area (Å²) in [5.41, 5.74) is 0.188. The van der Waals surface area contributed by atoms with E-state index in [2.05, 4.69) is 22.0 Å². The van der Waals surface area contributed by atoms with Gasteiger partial charge in [-0.05, 0) is 58.1 Å². The molecule has 0 saturated carbocycles. The minimum atomic E-state index is -1.11. The summed E-state index contributed by atoms with van der Waals surface area (Å²) < 4.78 is 0. The number of carboxylic acids is 2. The van der Waals surface area contributed by atoms with Crippen molar-refractivity contribution < 1.29 is 24.6 Å². The average molecular weight is 408 g/mol. The van der Waals surface area contributed by atoms with E-state index >= 15 is 0 Å². The predicted molar refractivity (Wildman–Crippen MR) is 111 cm³/mol. The van der Waals surface area contributed by atoms with Crippen LogP contribution in [0.2, 0.25) is 0 Å². The van der Waals surface area contributed by atoms with Crippen LogP contribution in [0.25, 0.3) is 0 Å². The SMILES string of the molecule is CCN(CCCC(=O)O)CCN(C)CCCCNC(=O)c1ccccc1C(=O)O. The van der Waals surface area contributed by atoms with E-state index in [4.69, 9.17) is 10.2 Å². The van der Waals surface area contributed by atoms with Crippen molar-refractivity contribution in [3.63, 3.8) is 0 Å². The lowest BCUT2D eigenvalue weighted by Crippen LogP contribution is -2.34. The second-order valence-electron chi connectivity index (χ2n) is 7.05. The van der Waals surface area contributed by atoms with Crippen molar-refractivity contribution in [2.24, 2.45) is 0 Å². The van der Waals surface area contributed by atoms with E-state index < -0.39 is 11.9 Å². The van der Waals surface area contributed by atoms with Crippen molar-refractivity contribution in [3.8, 4) is 0 Å². The van der Waals surface area contributed by atoms with Gasteiger partial charge in [-0.25, -0.2) is 4.79 Å². The molecule has 0 radical (unpaired) electrons. The van der Waals surface area contributed by atoms with Crippen molar-refractivity contribution in [2.45, 2.75) is 32.6 Å². The number of unbranched alkanes of at least 4 members (excludes halogenated alkanes) is 1. The Morgan fingerprint density at radius 1 is 0.931 bits per heavy atom. The van der Waals surface area contributed by atoms with Crippen LogP contribution in [0.5, 0.6) is 0 Å². The van der Waals surface area contributed by atoms with Crippen LogP contribution in [-0.2, 0) is 4.79 Å². The topological polar surface area (TPSA) is 110 Å². The first-order chi connectivity index (χ1) is 13.8. The molecule has 0 aliphatic heterocycles. The molecule has 1 aromatic carbocycles. The number of aliphatic carboxylic acids is 1. The fourth-order valence-electron chi connectivity index (χ4n) is 2.98. The number of benzene rings is 1. The zero-order valence-corrected chi connectivity index (χ0v) is 17.4. The largest absolute Gasteiger partial charge is 0.481 e. The number of hydrogen-bond donors (Lipinski definition) is 3. The van der Waals surface area contributed by atoms with Crippen LogP contribution in [0.15, 0.2) is 24.3 Å². The van der Waals surface area contributed by atoms with Gasteiger partial charge in [0, 0.05) is 26.1 Å². The van der Waals surface area contributed by atoms with Gasteiger partial charge < -0.3 is 25.3 Å². The second-order valence-corrected chi connectivity index (χ2v) is 7.05. The molecule has 1 amide bonds. The van der Waals surface area contributed by atoms with Crippen molar-refractivity contribution in [1.82, 2.24) is 15.1 Å². The van der Waals surface area contributed by atoms with Crippen LogP contribution in [-0.4, -0.2) is 84.2 Å². The minimum absolute atomic E-state index is 0.00793. The number of amides is 1. The molecule has 0 aliphatic rings. The smallest absolute Gasteiger partial charge is 0.336 e. The Labute approximate surface area is 172 Å².